The molecular formula is C14H22N2O3S2. The normalized spacial score (nSPS) is 23.0. The number of nitrogens with two attached hydrogens (primary N) is 1. The summed E-state index contributed by atoms with van der Waals surface area (Å²) in [5, 5.41) is 9.58. The Labute approximate surface area is 130 Å². The summed E-state index contributed by atoms with van der Waals surface area (Å²) in [4.78, 5) is 12.1. The second-order valence-electron chi connectivity index (χ2n) is 5.68. The zero-order valence-electron chi connectivity index (χ0n) is 12.2. The molecule has 1 heterocycles. The van der Waals surface area contributed by atoms with E-state index >= 15 is 0 Å². The Morgan fingerprint density at radius 3 is 2.57 bits per heavy atom. The summed E-state index contributed by atoms with van der Waals surface area (Å²) in [6.07, 6.45) is 6.80. The molecule has 1 amide bonds. The predicted octanol–water partition coefficient (Wildman–Crippen LogP) is 2.48. The highest BCUT2D eigenvalue weighted by molar-refractivity contribution is 7.91. The highest BCUT2D eigenvalue weighted by Crippen LogP contribution is 2.28. The summed E-state index contributed by atoms with van der Waals surface area (Å²) < 4.78 is 22.5. The summed E-state index contributed by atoms with van der Waals surface area (Å²) in [6, 6.07) is 1.54. The lowest BCUT2D eigenvalue weighted by atomic mass is 9.83. The Balaban J connectivity index is 1.89. The van der Waals surface area contributed by atoms with Crippen molar-refractivity contribution in [2.24, 2.45) is 11.1 Å². The average Bonchev–Trinajstić information content (AvgIpc) is 2.91. The van der Waals surface area contributed by atoms with E-state index in [1.165, 1.54) is 24.3 Å². The van der Waals surface area contributed by atoms with Crippen LogP contribution in [0.5, 0.6) is 0 Å². The molecule has 0 saturated heterocycles. The molecule has 0 radical (unpaired) electrons. The first-order chi connectivity index (χ1) is 9.90. The standard InChI is InChI=1S/C14H22N2O3S2/c1-2-3-10-4-6-12(7-5-10)16-14(17)11-8-13(20-9-11)21(15,18)19/h8-10,12H,2-7H2,1H3,(H,16,17)(H2,15,18,19). The lowest BCUT2D eigenvalue weighted by Crippen LogP contribution is -2.37. The quantitative estimate of drug-likeness (QED) is 0.869. The fourth-order valence-corrected chi connectivity index (χ4v) is 4.44. The molecule has 1 aliphatic carbocycles. The number of carbonyl (C=O) groups excluding carboxylic acids is 1. The minimum Gasteiger partial charge on any atom is -0.349 e. The zero-order valence-corrected chi connectivity index (χ0v) is 13.8. The summed E-state index contributed by atoms with van der Waals surface area (Å²) in [5.41, 5.74) is 0.375. The van der Waals surface area contributed by atoms with E-state index in [1.807, 2.05) is 0 Å². The number of carbonyl (C=O) groups is 1. The van der Waals surface area contributed by atoms with Gasteiger partial charge < -0.3 is 5.32 Å². The van der Waals surface area contributed by atoms with Crippen LogP contribution >= 0.6 is 11.3 Å². The summed E-state index contributed by atoms with van der Waals surface area (Å²) in [6.45, 7) is 2.20. The Morgan fingerprint density at radius 2 is 2.05 bits per heavy atom. The topological polar surface area (TPSA) is 89.3 Å². The van der Waals surface area contributed by atoms with Gasteiger partial charge in [0, 0.05) is 11.4 Å². The van der Waals surface area contributed by atoms with Gasteiger partial charge in [-0.25, -0.2) is 13.6 Å². The molecule has 0 atom stereocenters. The van der Waals surface area contributed by atoms with E-state index in [9.17, 15) is 13.2 Å². The first kappa shape index (κ1) is 16.5. The molecule has 1 saturated carbocycles. The van der Waals surface area contributed by atoms with Crippen molar-refractivity contribution in [1.82, 2.24) is 5.32 Å². The van der Waals surface area contributed by atoms with E-state index in [0.29, 0.717) is 5.56 Å². The van der Waals surface area contributed by atoms with Gasteiger partial charge in [-0.2, -0.15) is 0 Å². The molecule has 0 aliphatic heterocycles. The molecule has 3 N–H and O–H groups in total. The van der Waals surface area contributed by atoms with E-state index in [4.69, 9.17) is 5.14 Å². The molecule has 1 aliphatic rings. The largest absolute Gasteiger partial charge is 0.349 e. The second kappa shape index (κ2) is 6.89. The molecule has 21 heavy (non-hydrogen) atoms. The van der Waals surface area contributed by atoms with Gasteiger partial charge in [-0.05, 0) is 37.7 Å². The van der Waals surface area contributed by atoms with Crippen molar-refractivity contribution >= 4 is 27.3 Å². The van der Waals surface area contributed by atoms with E-state index in [-0.39, 0.29) is 16.2 Å². The van der Waals surface area contributed by atoms with Crippen LogP contribution in [0.3, 0.4) is 0 Å². The van der Waals surface area contributed by atoms with E-state index in [2.05, 4.69) is 12.2 Å². The fourth-order valence-electron chi connectivity index (χ4n) is 2.86. The SMILES string of the molecule is CCCC1CCC(NC(=O)c2csc(S(N)(=O)=O)c2)CC1. The first-order valence-corrected chi connectivity index (χ1v) is 9.75. The minimum absolute atomic E-state index is 0.0271. The number of hydrogen-bond acceptors (Lipinski definition) is 4. The number of amides is 1. The van der Waals surface area contributed by atoms with Crippen molar-refractivity contribution in [2.45, 2.75) is 55.7 Å². The van der Waals surface area contributed by atoms with Crippen LogP contribution in [-0.4, -0.2) is 20.4 Å². The maximum atomic E-state index is 12.1. The van der Waals surface area contributed by atoms with Crippen LogP contribution in [0.4, 0.5) is 0 Å². The molecule has 5 nitrogen and oxygen atoms in total. The highest BCUT2D eigenvalue weighted by Gasteiger charge is 2.23. The highest BCUT2D eigenvalue weighted by atomic mass is 32.2. The summed E-state index contributed by atoms with van der Waals surface area (Å²) in [7, 11) is -3.72. The predicted molar refractivity (Wildman–Crippen MR) is 83.8 cm³/mol. The van der Waals surface area contributed by atoms with Crippen LogP contribution in [0.25, 0.3) is 0 Å². The summed E-state index contributed by atoms with van der Waals surface area (Å²) in [5.74, 6) is 0.582. The maximum Gasteiger partial charge on any atom is 0.252 e. The lowest BCUT2D eigenvalue weighted by molar-refractivity contribution is 0.0921. The van der Waals surface area contributed by atoms with Gasteiger partial charge in [0.1, 0.15) is 4.21 Å². The second-order valence-corrected chi connectivity index (χ2v) is 8.38. The Bertz CT molecular complexity index is 587. The van der Waals surface area contributed by atoms with Gasteiger partial charge in [0.2, 0.25) is 10.0 Å². The van der Waals surface area contributed by atoms with E-state index < -0.39 is 10.0 Å². The Morgan fingerprint density at radius 1 is 1.38 bits per heavy atom. The molecule has 0 spiro atoms. The number of rotatable bonds is 5. The average molecular weight is 330 g/mol. The van der Waals surface area contributed by atoms with Crippen molar-refractivity contribution < 1.29 is 13.2 Å². The Hall–Kier alpha value is -0.920. The van der Waals surface area contributed by atoms with Crippen molar-refractivity contribution in [3.63, 3.8) is 0 Å². The monoisotopic (exact) mass is 330 g/mol. The van der Waals surface area contributed by atoms with Gasteiger partial charge in [0.25, 0.3) is 5.91 Å². The van der Waals surface area contributed by atoms with Crippen LogP contribution in [0.2, 0.25) is 0 Å². The maximum absolute atomic E-state index is 12.1. The molecular weight excluding hydrogens is 308 g/mol. The van der Waals surface area contributed by atoms with Crippen LogP contribution in [0, 0.1) is 5.92 Å². The molecule has 1 fully saturated rings. The number of hydrogen-bond donors (Lipinski definition) is 2. The fraction of sp³-hybridized carbons (Fsp3) is 0.643. The molecule has 7 heteroatoms. The van der Waals surface area contributed by atoms with Crippen LogP contribution in [-0.2, 0) is 10.0 Å². The van der Waals surface area contributed by atoms with E-state index in [1.54, 1.807) is 0 Å². The molecule has 1 aromatic heterocycles. The number of primary sulfonamides is 1. The number of sulfonamides is 1. The third-order valence-electron chi connectivity index (χ3n) is 4.00. The molecule has 0 unspecified atom stereocenters. The van der Waals surface area contributed by atoms with E-state index in [0.717, 1.165) is 42.9 Å². The molecule has 0 aromatic carbocycles. The van der Waals surface area contributed by atoms with Gasteiger partial charge in [-0.15, -0.1) is 11.3 Å². The first-order valence-electron chi connectivity index (χ1n) is 7.32. The number of thiophene rings is 1. The van der Waals surface area contributed by atoms with Gasteiger partial charge >= 0.3 is 0 Å². The van der Waals surface area contributed by atoms with Crippen LogP contribution < -0.4 is 10.5 Å². The van der Waals surface area contributed by atoms with Crippen molar-refractivity contribution in [2.75, 3.05) is 0 Å². The molecule has 0 bridgehead atoms. The van der Waals surface area contributed by atoms with Crippen molar-refractivity contribution in [1.29, 1.82) is 0 Å². The van der Waals surface area contributed by atoms with Gasteiger partial charge in [-0.1, -0.05) is 19.8 Å². The smallest absolute Gasteiger partial charge is 0.252 e. The van der Waals surface area contributed by atoms with Gasteiger partial charge in [-0.3, -0.25) is 4.79 Å². The van der Waals surface area contributed by atoms with Gasteiger partial charge in [0.05, 0.1) is 5.56 Å². The molecule has 1 aromatic rings. The third-order valence-corrected chi connectivity index (χ3v) is 6.38. The third kappa shape index (κ3) is 4.52. The zero-order chi connectivity index (χ0) is 15.5. The van der Waals surface area contributed by atoms with Crippen LogP contribution in [0.1, 0.15) is 55.8 Å². The minimum atomic E-state index is -3.72. The lowest BCUT2D eigenvalue weighted by Gasteiger charge is -2.28. The molecule has 2 rings (SSSR count). The Kier molecular flexibility index (Phi) is 5.40. The van der Waals surface area contributed by atoms with Gasteiger partial charge in [0.15, 0.2) is 0 Å². The molecule has 118 valence electrons. The van der Waals surface area contributed by atoms with Crippen LogP contribution in [0.15, 0.2) is 15.7 Å². The number of nitrogens with one attached hydrogen (secondary N) is 1. The van der Waals surface area contributed by atoms with Crippen molar-refractivity contribution in [3.05, 3.63) is 17.0 Å². The summed E-state index contributed by atoms with van der Waals surface area (Å²) >= 11 is 0.980. The van der Waals surface area contributed by atoms with Crippen molar-refractivity contribution in [3.8, 4) is 0 Å².